The molecule has 4 heteroatoms. The van der Waals surface area contributed by atoms with E-state index < -0.39 is 0 Å². The van der Waals surface area contributed by atoms with E-state index in [4.69, 9.17) is 0 Å². The molecule has 0 spiro atoms. The SMILES string of the molecule is CCCC(CCC)C(NC)c1cnnn1C. The number of nitrogens with zero attached hydrogens (tertiary/aromatic N) is 3. The van der Waals surface area contributed by atoms with Crippen LogP contribution in [0.3, 0.4) is 0 Å². The molecule has 0 fully saturated rings. The van der Waals surface area contributed by atoms with Crippen LogP contribution < -0.4 is 5.32 Å². The van der Waals surface area contributed by atoms with Crippen LogP contribution >= 0.6 is 0 Å². The minimum absolute atomic E-state index is 0.375. The smallest absolute Gasteiger partial charge is 0.0755 e. The average molecular weight is 224 g/mol. The van der Waals surface area contributed by atoms with E-state index in [-0.39, 0.29) is 0 Å². The van der Waals surface area contributed by atoms with Gasteiger partial charge in [0.05, 0.1) is 17.9 Å². The maximum Gasteiger partial charge on any atom is 0.0755 e. The topological polar surface area (TPSA) is 42.7 Å². The summed E-state index contributed by atoms with van der Waals surface area (Å²) in [6, 6.07) is 0.375. The van der Waals surface area contributed by atoms with Crippen molar-refractivity contribution >= 4 is 0 Å². The Kier molecular flexibility index (Phi) is 5.46. The van der Waals surface area contributed by atoms with Crippen molar-refractivity contribution in [3.63, 3.8) is 0 Å². The normalized spacial score (nSPS) is 13.3. The van der Waals surface area contributed by atoms with Gasteiger partial charge in [-0.2, -0.15) is 0 Å². The van der Waals surface area contributed by atoms with Crippen LogP contribution in [0.15, 0.2) is 6.20 Å². The third-order valence-electron chi connectivity index (χ3n) is 3.17. The summed E-state index contributed by atoms with van der Waals surface area (Å²) in [5.41, 5.74) is 1.19. The van der Waals surface area contributed by atoms with Crippen LogP contribution in [0, 0.1) is 5.92 Å². The molecule has 1 N–H and O–H groups in total. The zero-order valence-electron chi connectivity index (χ0n) is 10.9. The standard InChI is InChI=1S/C12H24N4/c1-5-7-10(8-6-2)12(13-3)11-9-14-15-16(11)4/h9-10,12-13H,5-8H2,1-4H3. The molecule has 0 amide bonds. The number of aromatic nitrogens is 3. The molecule has 0 aliphatic heterocycles. The van der Waals surface area contributed by atoms with E-state index >= 15 is 0 Å². The average Bonchev–Trinajstić information content (AvgIpc) is 2.67. The van der Waals surface area contributed by atoms with Gasteiger partial charge in [-0.25, -0.2) is 0 Å². The Morgan fingerprint density at radius 2 is 1.94 bits per heavy atom. The summed E-state index contributed by atoms with van der Waals surface area (Å²) < 4.78 is 1.87. The van der Waals surface area contributed by atoms with Gasteiger partial charge in [-0.15, -0.1) is 5.10 Å². The van der Waals surface area contributed by atoms with Crippen molar-refractivity contribution < 1.29 is 0 Å². The highest BCUT2D eigenvalue weighted by Crippen LogP contribution is 2.28. The molecule has 1 rings (SSSR count). The van der Waals surface area contributed by atoms with Crippen molar-refractivity contribution in [3.05, 3.63) is 11.9 Å². The molecule has 1 heterocycles. The van der Waals surface area contributed by atoms with Crippen molar-refractivity contribution in [1.29, 1.82) is 0 Å². The lowest BCUT2D eigenvalue weighted by atomic mass is 9.89. The summed E-state index contributed by atoms with van der Waals surface area (Å²) in [5, 5.41) is 11.4. The molecule has 16 heavy (non-hydrogen) atoms. The van der Waals surface area contributed by atoms with Crippen molar-refractivity contribution in [2.75, 3.05) is 7.05 Å². The number of hydrogen-bond donors (Lipinski definition) is 1. The Balaban J connectivity index is 2.81. The number of aryl methyl sites for hydroxylation is 1. The van der Waals surface area contributed by atoms with Gasteiger partial charge in [-0.3, -0.25) is 4.68 Å². The summed E-state index contributed by atoms with van der Waals surface area (Å²) in [5.74, 6) is 0.678. The molecule has 1 unspecified atom stereocenters. The van der Waals surface area contributed by atoms with Crippen LogP contribution in [0.4, 0.5) is 0 Å². The zero-order valence-corrected chi connectivity index (χ0v) is 10.9. The minimum atomic E-state index is 0.375. The first-order valence-corrected chi connectivity index (χ1v) is 6.26. The molecule has 1 aromatic heterocycles. The lowest BCUT2D eigenvalue weighted by molar-refractivity contribution is 0.318. The van der Waals surface area contributed by atoms with Gasteiger partial charge in [0.15, 0.2) is 0 Å². The third-order valence-corrected chi connectivity index (χ3v) is 3.17. The highest BCUT2D eigenvalue weighted by atomic mass is 15.4. The Bertz CT molecular complexity index is 289. The Labute approximate surface area is 98.4 Å². The van der Waals surface area contributed by atoms with Gasteiger partial charge >= 0.3 is 0 Å². The van der Waals surface area contributed by atoms with Crippen LogP contribution in [-0.2, 0) is 7.05 Å². The molecule has 1 aromatic rings. The predicted molar refractivity (Wildman–Crippen MR) is 66.1 cm³/mol. The summed E-state index contributed by atoms with van der Waals surface area (Å²) >= 11 is 0. The molecule has 0 radical (unpaired) electrons. The van der Waals surface area contributed by atoms with Gasteiger partial charge in [0, 0.05) is 7.05 Å². The lowest BCUT2D eigenvalue weighted by Crippen LogP contribution is -2.27. The van der Waals surface area contributed by atoms with Crippen molar-refractivity contribution in [1.82, 2.24) is 20.3 Å². The molecule has 0 aromatic carbocycles. The summed E-state index contributed by atoms with van der Waals surface area (Å²) in [6.45, 7) is 4.49. The van der Waals surface area contributed by atoms with Crippen molar-refractivity contribution in [2.45, 2.75) is 45.6 Å². The molecule has 1 atom stereocenters. The Morgan fingerprint density at radius 1 is 1.31 bits per heavy atom. The number of rotatable bonds is 7. The zero-order chi connectivity index (χ0) is 12.0. The quantitative estimate of drug-likeness (QED) is 0.772. The van der Waals surface area contributed by atoms with E-state index in [9.17, 15) is 0 Å². The maximum atomic E-state index is 4.01. The van der Waals surface area contributed by atoms with Gasteiger partial charge < -0.3 is 5.32 Å². The van der Waals surface area contributed by atoms with Crippen molar-refractivity contribution in [3.8, 4) is 0 Å². The van der Waals surface area contributed by atoms with Gasteiger partial charge in [-0.1, -0.05) is 31.9 Å². The van der Waals surface area contributed by atoms with Gasteiger partial charge in [0.1, 0.15) is 0 Å². The van der Waals surface area contributed by atoms with Crippen molar-refractivity contribution in [2.24, 2.45) is 13.0 Å². The first-order valence-electron chi connectivity index (χ1n) is 6.26. The van der Waals surface area contributed by atoms with E-state index in [0.717, 1.165) is 0 Å². The second-order valence-corrected chi connectivity index (χ2v) is 4.39. The lowest BCUT2D eigenvalue weighted by Gasteiger charge is -2.26. The second kappa shape index (κ2) is 6.63. The van der Waals surface area contributed by atoms with Crippen LogP contribution in [0.1, 0.15) is 51.3 Å². The molecule has 0 bridgehead atoms. The molecule has 0 saturated heterocycles. The molecule has 0 aliphatic carbocycles. The monoisotopic (exact) mass is 224 g/mol. The fourth-order valence-electron chi connectivity index (χ4n) is 2.42. The molecular formula is C12H24N4. The molecule has 92 valence electrons. The largest absolute Gasteiger partial charge is 0.311 e. The van der Waals surface area contributed by atoms with Crippen LogP contribution in [0.25, 0.3) is 0 Å². The fraction of sp³-hybridized carbons (Fsp3) is 0.833. The van der Waals surface area contributed by atoms with E-state index in [1.165, 1.54) is 31.4 Å². The first-order chi connectivity index (χ1) is 7.74. The highest BCUT2D eigenvalue weighted by Gasteiger charge is 2.23. The van der Waals surface area contributed by atoms with Gasteiger partial charge in [0.2, 0.25) is 0 Å². The van der Waals surface area contributed by atoms with Gasteiger partial charge in [0.25, 0.3) is 0 Å². The van der Waals surface area contributed by atoms with E-state index in [1.54, 1.807) is 0 Å². The molecule has 4 nitrogen and oxygen atoms in total. The van der Waals surface area contributed by atoms with Gasteiger partial charge in [-0.05, 0) is 25.8 Å². The summed E-state index contributed by atoms with van der Waals surface area (Å²) in [6.07, 6.45) is 6.84. The Morgan fingerprint density at radius 3 is 2.31 bits per heavy atom. The van der Waals surface area contributed by atoms with Crippen LogP contribution in [0.5, 0.6) is 0 Å². The third kappa shape index (κ3) is 3.04. The summed E-state index contributed by atoms with van der Waals surface area (Å²) in [4.78, 5) is 0. The Hall–Kier alpha value is -0.900. The first kappa shape index (κ1) is 13.2. The highest BCUT2D eigenvalue weighted by molar-refractivity contribution is 5.03. The predicted octanol–water partition coefficient (Wildman–Crippen LogP) is 2.29. The number of hydrogen-bond acceptors (Lipinski definition) is 3. The van der Waals surface area contributed by atoms with E-state index in [1.807, 2.05) is 25.0 Å². The van der Waals surface area contributed by atoms with E-state index in [0.29, 0.717) is 12.0 Å². The molecule has 0 aliphatic rings. The van der Waals surface area contributed by atoms with Crippen LogP contribution in [-0.4, -0.2) is 22.0 Å². The molecule has 0 saturated carbocycles. The summed E-state index contributed by atoms with van der Waals surface area (Å²) in [7, 11) is 3.98. The molecular weight excluding hydrogens is 200 g/mol. The second-order valence-electron chi connectivity index (χ2n) is 4.39. The number of nitrogens with one attached hydrogen (secondary N) is 1. The minimum Gasteiger partial charge on any atom is -0.311 e. The van der Waals surface area contributed by atoms with Crippen LogP contribution in [0.2, 0.25) is 0 Å². The fourth-order valence-corrected chi connectivity index (χ4v) is 2.42. The van der Waals surface area contributed by atoms with E-state index in [2.05, 4.69) is 29.5 Å². The maximum absolute atomic E-state index is 4.01.